The zero-order valence-electron chi connectivity index (χ0n) is 10.7. The molecule has 0 amide bonds. The molecule has 1 aromatic carbocycles. The minimum absolute atomic E-state index is 0. The lowest BCUT2D eigenvalue weighted by Crippen LogP contribution is -2.02. The van der Waals surface area contributed by atoms with Gasteiger partial charge in [-0.2, -0.15) is 0 Å². The van der Waals surface area contributed by atoms with Crippen molar-refractivity contribution in [3.63, 3.8) is 0 Å². The molecular formula is C13H13ClFN5. The number of aromatic nitrogens is 4. The number of pyridine rings is 1. The van der Waals surface area contributed by atoms with E-state index in [0.717, 1.165) is 11.1 Å². The van der Waals surface area contributed by atoms with Crippen LogP contribution < -0.4 is 5.32 Å². The molecule has 3 rings (SSSR count). The quantitative estimate of drug-likeness (QED) is 0.806. The zero-order valence-corrected chi connectivity index (χ0v) is 11.6. The zero-order chi connectivity index (χ0) is 13.2. The van der Waals surface area contributed by atoms with Crippen LogP contribution in [0.5, 0.6) is 0 Å². The molecule has 0 spiro atoms. The molecule has 2 heterocycles. The Kier molecular flexibility index (Phi) is 4.14. The maximum atomic E-state index is 13.2. The monoisotopic (exact) mass is 293 g/mol. The second-order valence-electron chi connectivity index (χ2n) is 4.15. The number of hydrogen-bond donors (Lipinski definition) is 1. The molecule has 0 saturated carbocycles. The molecule has 3 aromatic rings. The van der Waals surface area contributed by atoms with Crippen molar-refractivity contribution < 1.29 is 4.39 Å². The number of nitrogens with one attached hydrogen (secondary N) is 1. The van der Waals surface area contributed by atoms with E-state index in [2.05, 4.69) is 20.6 Å². The van der Waals surface area contributed by atoms with E-state index < -0.39 is 0 Å². The molecule has 0 radical (unpaired) electrons. The summed E-state index contributed by atoms with van der Waals surface area (Å²) in [5, 5.41) is 11.2. The summed E-state index contributed by atoms with van der Waals surface area (Å²) in [6.07, 6.45) is 1.69. The fourth-order valence-corrected chi connectivity index (χ4v) is 2.01. The van der Waals surface area contributed by atoms with Crippen molar-refractivity contribution in [3.05, 3.63) is 47.9 Å². The van der Waals surface area contributed by atoms with Crippen LogP contribution in [0.2, 0.25) is 0 Å². The lowest BCUT2D eigenvalue weighted by molar-refractivity contribution is 0.618. The molecular weight excluding hydrogens is 281 g/mol. The minimum atomic E-state index is -0.250. The summed E-state index contributed by atoms with van der Waals surface area (Å²) in [5.74, 6) is 0.433. The molecule has 104 valence electrons. The van der Waals surface area contributed by atoms with E-state index >= 15 is 0 Å². The Bertz CT molecular complexity index is 728. The first kappa shape index (κ1) is 14.2. The number of benzene rings is 1. The molecule has 0 aliphatic carbocycles. The summed E-state index contributed by atoms with van der Waals surface area (Å²) in [6, 6.07) is 8.30. The predicted molar refractivity (Wildman–Crippen MR) is 77.6 cm³/mol. The highest BCUT2D eigenvalue weighted by Gasteiger charge is 2.09. The number of nitrogens with zero attached hydrogens (tertiary/aromatic N) is 4. The van der Waals surface area contributed by atoms with Crippen LogP contribution in [0.25, 0.3) is 11.0 Å². The highest BCUT2D eigenvalue weighted by atomic mass is 35.5. The van der Waals surface area contributed by atoms with Crippen molar-refractivity contribution >= 4 is 29.3 Å². The number of halogens is 2. The standard InChI is InChI=1S/C13H12FN5.ClH/c1-15-13-12-11(5-6-16-13)19(18-17-12)8-9-3-2-4-10(14)7-9;/h2-7H,8H2,1H3,(H,15,16);1H. The molecule has 0 aliphatic heterocycles. The SMILES string of the molecule is CNc1nccc2c1nnn2Cc1cccc(F)c1.Cl. The molecule has 0 aliphatic rings. The summed E-state index contributed by atoms with van der Waals surface area (Å²) >= 11 is 0. The molecule has 0 fully saturated rings. The van der Waals surface area contributed by atoms with Crippen molar-refractivity contribution in [3.8, 4) is 0 Å². The molecule has 7 heteroatoms. The van der Waals surface area contributed by atoms with E-state index in [1.165, 1.54) is 12.1 Å². The Morgan fingerprint density at radius 2 is 2.15 bits per heavy atom. The Balaban J connectivity index is 0.00000147. The average Bonchev–Trinajstić information content (AvgIpc) is 2.82. The minimum Gasteiger partial charge on any atom is -0.371 e. The molecule has 0 saturated heterocycles. The lowest BCUT2D eigenvalue weighted by Gasteiger charge is -2.03. The summed E-state index contributed by atoms with van der Waals surface area (Å²) in [5.41, 5.74) is 2.42. The van der Waals surface area contributed by atoms with Crippen LogP contribution in [0.4, 0.5) is 10.2 Å². The third-order valence-corrected chi connectivity index (χ3v) is 2.89. The average molecular weight is 294 g/mol. The maximum Gasteiger partial charge on any atom is 0.155 e. The van der Waals surface area contributed by atoms with Gasteiger partial charge in [0.25, 0.3) is 0 Å². The van der Waals surface area contributed by atoms with Gasteiger partial charge in [0, 0.05) is 13.2 Å². The topological polar surface area (TPSA) is 55.6 Å². The van der Waals surface area contributed by atoms with Gasteiger partial charge in [0.1, 0.15) is 5.82 Å². The van der Waals surface area contributed by atoms with Gasteiger partial charge < -0.3 is 5.32 Å². The third-order valence-electron chi connectivity index (χ3n) is 2.89. The summed E-state index contributed by atoms with van der Waals surface area (Å²) < 4.78 is 14.9. The van der Waals surface area contributed by atoms with Crippen LogP contribution in [0, 0.1) is 5.82 Å². The first-order chi connectivity index (χ1) is 9.28. The fourth-order valence-electron chi connectivity index (χ4n) is 2.01. The number of rotatable bonds is 3. The Morgan fingerprint density at radius 3 is 2.90 bits per heavy atom. The molecule has 0 bridgehead atoms. The molecule has 20 heavy (non-hydrogen) atoms. The van der Waals surface area contributed by atoms with Gasteiger partial charge in [-0.05, 0) is 23.8 Å². The van der Waals surface area contributed by atoms with Gasteiger partial charge in [-0.3, -0.25) is 0 Å². The largest absolute Gasteiger partial charge is 0.371 e. The van der Waals surface area contributed by atoms with Crippen LogP contribution >= 0.6 is 12.4 Å². The van der Waals surface area contributed by atoms with Crippen LogP contribution in [-0.4, -0.2) is 27.0 Å². The Morgan fingerprint density at radius 1 is 1.30 bits per heavy atom. The van der Waals surface area contributed by atoms with Crippen LogP contribution in [0.3, 0.4) is 0 Å². The van der Waals surface area contributed by atoms with E-state index in [0.29, 0.717) is 17.9 Å². The van der Waals surface area contributed by atoms with Crippen molar-refractivity contribution in [2.24, 2.45) is 0 Å². The predicted octanol–water partition coefficient (Wildman–Crippen LogP) is 2.48. The first-order valence-corrected chi connectivity index (χ1v) is 5.88. The Labute approximate surface area is 121 Å². The molecule has 2 aromatic heterocycles. The molecule has 0 unspecified atom stereocenters. The van der Waals surface area contributed by atoms with Gasteiger partial charge in [0.05, 0.1) is 12.1 Å². The molecule has 0 atom stereocenters. The summed E-state index contributed by atoms with van der Waals surface area (Å²) in [6.45, 7) is 0.474. The number of fused-ring (bicyclic) bond motifs is 1. The van der Waals surface area contributed by atoms with Crippen LogP contribution in [-0.2, 0) is 6.54 Å². The van der Waals surface area contributed by atoms with Gasteiger partial charge in [-0.15, -0.1) is 17.5 Å². The van der Waals surface area contributed by atoms with E-state index in [9.17, 15) is 4.39 Å². The van der Waals surface area contributed by atoms with Crippen LogP contribution in [0.1, 0.15) is 5.56 Å². The van der Waals surface area contributed by atoms with Crippen LogP contribution in [0.15, 0.2) is 36.5 Å². The van der Waals surface area contributed by atoms with Crippen molar-refractivity contribution in [1.29, 1.82) is 0 Å². The lowest BCUT2D eigenvalue weighted by atomic mass is 10.2. The second-order valence-corrected chi connectivity index (χ2v) is 4.15. The highest BCUT2D eigenvalue weighted by Crippen LogP contribution is 2.18. The van der Waals surface area contributed by atoms with Crippen molar-refractivity contribution in [1.82, 2.24) is 20.0 Å². The van der Waals surface area contributed by atoms with E-state index in [-0.39, 0.29) is 18.2 Å². The van der Waals surface area contributed by atoms with Gasteiger partial charge in [-0.25, -0.2) is 14.1 Å². The third kappa shape index (κ3) is 2.55. The van der Waals surface area contributed by atoms with E-state index in [1.807, 2.05) is 12.1 Å². The van der Waals surface area contributed by atoms with Gasteiger partial charge in [0.15, 0.2) is 11.3 Å². The smallest absolute Gasteiger partial charge is 0.155 e. The van der Waals surface area contributed by atoms with Gasteiger partial charge >= 0.3 is 0 Å². The molecule has 5 nitrogen and oxygen atoms in total. The summed E-state index contributed by atoms with van der Waals surface area (Å²) in [4.78, 5) is 4.17. The fraction of sp³-hybridized carbons (Fsp3) is 0.154. The number of hydrogen-bond acceptors (Lipinski definition) is 4. The van der Waals surface area contributed by atoms with Gasteiger partial charge in [0.2, 0.25) is 0 Å². The van der Waals surface area contributed by atoms with E-state index in [4.69, 9.17) is 0 Å². The molecule has 1 N–H and O–H groups in total. The number of anilines is 1. The maximum absolute atomic E-state index is 13.2. The second kappa shape index (κ2) is 5.83. The normalized spacial score (nSPS) is 10.3. The highest BCUT2D eigenvalue weighted by molar-refractivity contribution is 5.85. The van der Waals surface area contributed by atoms with Crippen molar-refractivity contribution in [2.75, 3.05) is 12.4 Å². The van der Waals surface area contributed by atoms with E-state index in [1.54, 1.807) is 24.0 Å². The van der Waals surface area contributed by atoms with Crippen molar-refractivity contribution in [2.45, 2.75) is 6.54 Å². The first-order valence-electron chi connectivity index (χ1n) is 5.88. The summed E-state index contributed by atoms with van der Waals surface area (Å²) in [7, 11) is 1.79. The van der Waals surface area contributed by atoms with Gasteiger partial charge in [-0.1, -0.05) is 17.3 Å². The Hall–Kier alpha value is -2.21.